The lowest BCUT2D eigenvalue weighted by molar-refractivity contribution is -0.161. The van der Waals surface area contributed by atoms with Crippen LogP contribution in [0.1, 0.15) is 239 Å². The summed E-state index contributed by atoms with van der Waals surface area (Å²) in [5.74, 6) is -2.36. The molecular weight excluding hydrogens is 745 g/mol. The van der Waals surface area contributed by atoms with Crippen molar-refractivity contribution in [1.82, 2.24) is 0 Å². The summed E-state index contributed by atoms with van der Waals surface area (Å²) in [5, 5.41) is 8.89. The summed E-state index contributed by atoms with van der Waals surface area (Å²) < 4.78 is 32.7. The number of carboxylic acid groups (broad SMARTS) is 1. The van der Waals surface area contributed by atoms with Crippen LogP contribution in [0.3, 0.4) is 0 Å². The standard InChI is InChI=1S/C45H88NO10P/c1-3-5-7-9-11-13-15-16-17-18-19-20-21-22-23-24-25-26-27-29-31-33-35-37-44(48)56-41(39-54-57(51,52)55-40-42(46)45(49)50)38-53-43(47)36-34-32-30-28-14-12-10-8-6-4-2/h41-42H,3-40,46H2,1-2H3,(H,49,50)(H,51,52). The van der Waals surface area contributed by atoms with E-state index in [1.165, 1.54) is 161 Å². The summed E-state index contributed by atoms with van der Waals surface area (Å²) in [7, 11) is -4.71. The highest BCUT2D eigenvalue weighted by Crippen LogP contribution is 2.43. The number of phosphoric acid groups is 1. The minimum Gasteiger partial charge on any atom is -0.480 e. The van der Waals surface area contributed by atoms with E-state index in [2.05, 4.69) is 18.4 Å². The maximum atomic E-state index is 12.6. The second-order valence-electron chi connectivity index (χ2n) is 16.3. The number of ether oxygens (including phenoxy) is 2. The topological polar surface area (TPSA) is 172 Å². The zero-order valence-corrected chi connectivity index (χ0v) is 37.6. The van der Waals surface area contributed by atoms with Gasteiger partial charge in [0.15, 0.2) is 6.10 Å². The van der Waals surface area contributed by atoms with E-state index in [1.807, 2.05) is 0 Å². The minimum absolute atomic E-state index is 0.170. The molecule has 0 bridgehead atoms. The Hall–Kier alpha value is -1.52. The van der Waals surface area contributed by atoms with E-state index in [-0.39, 0.29) is 19.4 Å². The van der Waals surface area contributed by atoms with Crippen LogP contribution in [0, 0.1) is 0 Å². The smallest absolute Gasteiger partial charge is 0.472 e. The molecule has 4 N–H and O–H groups in total. The fourth-order valence-corrected chi connectivity index (χ4v) is 7.67. The summed E-state index contributed by atoms with van der Waals surface area (Å²) >= 11 is 0. The molecule has 0 aromatic rings. The Morgan fingerprint density at radius 2 is 0.772 bits per heavy atom. The highest BCUT2D eigenvalue weighted by molar-refractivity contribution is 7.47. The van der Waals surface area contributed by atoms with Crippen molar-refractivity contribution in [3.05, 3.63) is 0 Å². The lowest BCUT2D eigenvalue weighted by Crippen LogP contribution is -2.34. The van der Waals surface area contributed by atoms with Crippen LogP contribution in [0.15, 0.2) is 0 Å². The Balaban J connectivity index is 4.14. The van der Waals surface area contributed by atoms with Gasteiger partial charge in [-0.1, -0.05) is 213 Å². The first-order valence-corrected chi connectivity index (χ1v) is 25.1. The van der Waals surface area contributed by atoms with Gasteiger partial charge in [0.05, 0.1) is 13.2 Å². The van der Waals surface area contributed by atoms with Gasteiger partial charge < -0.3 is 25.2 Å². The molecule has 0 aromatic heterocycles. The van der Waals surface area contributed by atoms with Crippen LogP contribution in [-0.2, 0) is 37.5 Å². The lowest BCUT2D eigenvalue weighted by atomic mass is 10.0. The molecule has 0 saturated carbocycles. The van der Waals surface area contributed by atoms with Gasteiger partial charge in [0.25, 0.3) is 0 Å². The number of rotatable bonds is 45. The molecule has 0 amide bonds. The number of carbonyl (C=O) groups is 3. The molecule has 0 aliphatic heterocycles. The number of nitrogens with two attached hydrogens (primary N) is 1. The first-order chi connectivity index (χ1) is 27.6. The van der Waals surface area contributed by atoms with Crippen LogP contribution < -0.4 is 5.73 Å². The Labute approximate surface area is 348 Å². The van der Waals surface area contributed by atoms with E-state index >= 15 is 0 Å². The van der Waals surface area contributed by atoms with Gasteiger partial charge in [-0.15, -0.1) is 0 Å². The second-order valence-corrected chi connectivity index (χ2v) is 17.7. The number of aliphatic carboxylic acids is 1. The van der Waals surface area contributed by atoms with Gasteiger partial charge >= 0.3 is 25.7 Å². The molecule has 3 atom stereocenters. The molecule has 0 aliphatic rings. The van der Waals surface area contributed by atoms with Crippen molar-refractivity contribution < 1.29 is 47.5 Å². The molecule has 12 heteroatoms. The van der Waals surface area contributed by atoms with Gasteiger partial charge in [-0.25, -0.2) is 4.57 Å². The predicted octanol–water partition coefficient (Wildman–Crippen LogP) is 12.7. The number of hydrogen-bond acceptors (Lipinski definition) is 9. The van der Waals surface area contributed by atoms with E-state index < -0.39 is 51.1 Å². The van der Waals surface area contributed by atoms with Crippen molar-refractivity contribution in [2.75, 3.05) is 19.8 Å². The van der Waals surface area contributed by atoms with Gasteiger partial charge in [-0.05, 0) is 12.8 Å². The molecule has 0 radical (unpaired) electrons. The second kappa shape index (κ2) is 41.2. The highest BCUT2D eigenvalue weighted by Gasteiger charge is 2.28. The first-order valence-electron chi connectivity index (χ1n) is 23.6. The normalized spacial score (nSPS) is 13.6. The SMILES string of the molecule is CCCCCCCCCCCCCCCCCCCCCCCCCC(=O)OC(COC(=O)CCCCCCCCCCCC)COP(=O)(O)OCC(N)C(=O)O. The fraction of sp³-hybridized carbons (Fsp3) is 0.933. The maximum Gasteiger partial charge on any atom is 0.472 e. The molecule has 11 nitrogen and oxygen atoms in total. The van der Waals surface area contributed by atoms with Gasteiger partial charge in [-0.2, -0.15) is 0 Å². The van der Waals surface area contributed by atoms with Crippen LogP contribution in [0.4, 0.5) is 0 Å². The van der Waals surface area contributed by atoms with Crippen molar-refractivity contribution in [3.8, 4) is 0 Å². The lowest BCUT2D eigenvalue weighted by Gasteiger charge is -2.20. The molecule has 3 unspecified atom stereocenters. The van der Waals surface area contributed by atoms with Gasteiger partial charge in [0.2, 0.25) is 0 Å². The van der Waals surface area contributed by atoms with Crippen LogP contribution >= 0.6 is 7.82 Å². The van der Waals surface area contributed by atoms with Crippen LogP contribution in [-0.4, -0.2) is 59.9 Å². The summed E-state index contributed by atoms with van der Waals surface area (Å²) in [6.07, 6.45) is 40.4. The molecular formula is C45H88NO10P. The van der Waals surface area contributed by atoms with E-state index in [0.29, 0.717) is 12.8 Å². The first kappa shape index (κ1) is 55.5. The van der Waals surface area contributed by atoms with Crippen molar-refractivity contribution in [3.63, 3.8) is 0 Å². The van der Waals surface area contributed by atoms with E-state index in [4.69, 9.17) is 24.8 Å². The molecule has 57 heavy (non-hydrogen) atoms. The minimum atomic E-state index is -4.71. The molecule has 0 saturated heterocycles. The predicted molar refractivity (Wildman–Crippen MR) is 231 cm³/mol. The zero-order chi connectivity index (χ0) is 42.1. The average molecular weight is 834 g/mol. The third-order valence-electron chi connectivity index (χ3n) is 10.6. The third kappa shape index (κ3) is 41.0. The van der Waals surface area contributed by atoms with E-state index in [1.54, 1.807) is 0 Å². The van der Waals surface area contributed by atoms with Crippen LogP contribution in [0.5, 0.6) is 0 Å². The molecule has 338 valence electrons. The Morgan fingerprint density at radius 3 is 1.11 bits per heavy atom. The third-order valence-corrected chi connectivity index (χ3v) is 11.6. The molecule has 0 spiro atoms. The Bertz CT molecular complexity index is 984. The quantitative estimate of drug-likeness (QED) is 0.0303. The van der Waals surface area contributed by atoms with Crippen molar-refractivity contribution in [2.24, 2.45) is 5.73 Å². The van der Waals surface area contributed by atoms with Crippen LogP contribution in [0.2, 0.25) is 0 Å². The molecule has 0 aromatic carbocycles. The van der Waals surface area contributed by atoms with Gasteiger partial charge in [0.1, 0.15) is 12.6 Å². The van der Waals surface area contributed by atoms with Crippen molar-refractivity contribution in [1.29, 1.82) is 0 Å². The number of phosphoric ester groups is 1. The largest absolute Gasteiger partial charge is 0.480 e. The molecule has 0 fully saturated rings. The summed E-state index contributed by atoms with van der Waals surface area (Å²) in [6, 6.07) is -1.52. The van der Waals surface area contributed by atoms with E-state index in [9.17, 15) is 23.8 Å². The average Bonchev–Trinajstić information content (AvgIpc) is 3.19. The van der Waals surface area contributed by atoms with Crippen molar-refractivity contribution >= 4 is 25.7 Å². The summed E-state index contributed by atoms with van der Waals surface area (Å²) in [4.78, 5) is 45.9. The highest BCUT2D eigenvalue weighted by atomic mass is 31.2. The summed E-state index contributed by atoms with van der Waals surface area (Å²) in [6.45, 7) is 2.83. The Kier molecular flexibility index (Phi) is 40.1. The molecule has 0 heterocycles. The van der Waals surface area contributed by atoms with E-state index in [0.717, 1.165) is 38.5 Å². The number of carboxylic acids is 1. The fourth-order valence-electron chi connectivity index (χ4n) is 6.89. The zero-order valence-electron chi connectivity index (χ0n) is 36.7. The van der Waals surface area contributed by atoms with Gasteiger partial charge in [0, 0.05) is 12.8 Å². The number of esters is 2. The monoisotopic (exact) mass is 834 g/mol. The summed E-state index contributed by atoms with van der Waals surface area (Å²) in [5.41, 5.74) is 5.33. The maximum absolute atomic E-state index is 12.6. The number of hydrogen-bond donors (Lipinski definition) is 3. The number of carbonyl (C=O) groups excluding carboxylic acids is 2. The Morgan fingerprint density at radius 1 is 0.474 bits per heavy atom. The number of unbranched alkanes of at least 4 members (excludes halogenated alkanes) is 31. The molecule has 0 aliphatic carbocycles. The van der Waals surface area contributed by atoms with Crippen LogP contribution in [0.25, 0.3) is 0 Å². The molecule has 0 rings (SSSR count). The van der Waals surface area contributed by atoms with Gasteiger partial charge in [-0.3, -0.25) is 23.4 Å². The van der Waals surface area contributed by atoms with Crippen molar-refractivity contribution in [2.45, 2.75) is 251 Å².